The highest BCUT2D eigenvalue weighted by atomic mass is 32.2. The Morgan fingerprint density at radius 1 is 1.38 bits per heavy atom. The molecule has 120 valence electrons. The third-order valence-electron chi connectivity index (χ3n) is 4.37. The average Bonchev–Trinajstić information content (AvgIpc) is 2.99. The highest BCUT2D eigenvalue weighted by molar-refractivity contribution is 7.99. The standard InChI is InChI=1S/C14H24N2O4S/c1-3-21-10-5-4-9(6-10)15-13(19)16-11-7-20-8-14(11,2)12(17)18/h9-11H,3-8H2,1-2H3,(H,17,18)(H2,15,16,19). The largest absolute Gasteiger partial charge is 0.481 e. The van der Waals surface area contributed by atoms with Crippen LogP contribution >= 0.6 is 11.8 Å². The minimum absolute atomic E-state index is 0.131. The van der Waals surface area contributed by atoms with E-state index in [2.05, 4.69) is 17.6 Å². The summed E-state index contributed by atoms with van der Waals surface area (Å²) in [5, 5.41) is 15.6. The Bertz CT molecular complexity index is 406. The Kier molecular flexibility index (Phi) is 5.37. The van der Waals surface area contributed by atoms with Crippen molar-refractivity contribution in [2.24, 2.45) is 5.41 Å². The van der Waals surface area contributed by atoms with Crippen molar-refractivity contribution in [3.05, 3.63) is 0 Å². The number of urea groups is 1. The molecule has 21 heavy (non-hydrogen) atoms. The van der Waals surface area contributed by atoms with Crippen molar-refractivity contribution >= 4 is 23.8 Å². The van der Waals surface area contributed by atoms with Crippen molar-refractivity contribution < 1.29 is 19.4 Å². The Labute approximate surface area is 129 Å². The number of carboxylic acids is 1. The lowest BCUT2D eigenvalue weighted by atomic mass is 9.85. The molecule has 3 N–H and O–H groups in total. The van der Waals surface area contributed by atoms with Gasteiger partial charge in [-0.05, 0) is 31.9 Å². The van der Waals surface area contributed by atoms with Crippen LogP contribution in [-0.4, -0.2) is 53.4 Å². The summed E-state index contributed by atoms with van der Waals surface area (Å²) in [4.78, 5) is 23.4. The molecular weight excluding hydrogens is 292 g/mol. The molecule has 6 nitrogen and oxygen atoms in total. The molecule has 1 heterocycles. The van der Waals surface area contributed by atoms with Gasteiger partial charge in [-0.3, -0.25) is 4.79 Å². The van der Waals surface area contributed by atoms with E-state index in [1.54, 1.807) is 6.92 Å². The number of carboxylic acid groups (broad SMARTS) is 1. The fourth-order valence-electron chi connectivity index (χ4n) is 2.93. The first-order chi connectivity index (χ1) is 9.95. The molecule has 1 saturated carbocycles. The molecule has 0 radical (unpaired) electrons. The first-order valence-electron chi connectivity index (χ1n) is 7.45. The Morgan fingerprint density at radius 3 is 2.81 bits per heavy atom. The number of thioether (sulfide) groups is 1. The van der Waals surface area contributed by atoms with Crippen molar-refractivity contribution in [2.75, 3.05) is 19.0 Å². The van der Waals surface area contributed by atoms with Gasteiger partial charge < -0.3 is 20.5 Å². The van der Waals surface area contributed by atoms with E-state index in [1.165, 1.54) is 0 Å². The SMILES string of the molecule is CCSC1CCC(NC(=O)NC2COCC2(C)C(=O)O)C1. The minimum Gasteiger partial charge on any atom is -0.481 e. The first-order valence-corrected chi connectivity index (χ1v) is 8.50. The maximum Gasteiger partial charge on any atom is 0.315 e. The predicted molar refractivity (Wildman–Crippen MR) is 81.6 cm³/mol. The molecule has 0 aromatic carbocycles. The van der Waals surface area contributed by atoms with Gasteiger partial charge >= 0.3 is 12.0 Å². The van der Waals surface area contributed by atoms with E-state index in [1.807, 2.05) is 11.8 Å². The number of carbonyl (C=O) groups is 2. The van der Waals surface area contributed by atoms with Crippen LogP contribution in [0.25, 0.3) is 0 Å². The van der Waals surface area contributed by atoms with E-state index in [0.717, 1.165) is 25.0 Å². The average molecular weight is 316 g/mol. The molecule has 1 aliphatic carbocycles. The molecule has 4 atom stereocenters. The molecule has 0 spiro atoms. The van der Waals surface area contributed by atoms with Crippen LogP contribution < -0.4 is 10.6 Å². The number of ether oxygens (including phenoxy) is 1. The molecule has 2 amide bonds. The third kappa shape index (κ3) is 3.83. The summed E-state index contributed by atoms with van der Waals surface area (Å²) in [7, 11) is 0. The van der Waals surface area contributed by atoms with E-state index in [9.17, 15) is 14.7 Å². The van der Waals surface area contributed by atoms with Gasteiger partial charge in [0.1, 0.15) is 5.41 Å². The topological polar surface area (TPSA) is 87.7 Å². The number of carbonyl (C=O) groups excluding carboxylic acids is 1. The maximum absolute atomic E-state index is 12.1. The number of hydrogen-bond acceptors (Lipinski definition) is 4. The number of hydrogen-bond donors (Lipinski definition) is 3. The molecule has 0 bridgehead atoms. The molecule has 0 aromatic rings. The maximum atomic E-state index is 12.1. The smallest absolute Gasteiger partial charge is 0.315 e. The second-order valence-corrected chi connectivity index (χ2v) is 7.57. The lowest BCUT2D eigenvalue weighted by Crippen LogP contribution is -2.53. The molecule has 4 unspecified atom stereocenters. The van der Waals surface area contributed by atoms with Crippen LogP contribution in [0.3, 0.4) is 0 Å². The van der Waals surface area contributed by atoms with Crippen LogP contribution in [0.15, 0.2) is 0 Å². The van der Waals surface area contributed by atoms with Gasteiger partial charge in [-0.25, -0.2) is 4.79 Å². The fraction of sp³-hybridized carbons (Fsp3) is 0.857. The van der Waals surface area contributed by atoms with E-state index < -0.39 is 17.4 Å². The van der Waals surface area contributed by atoms with Crippen LogP contribution in [0.2, 0.25) is 0 Å². The van der Waals surface area contributed by atoms with Crippen molar-refractivity contribution in [3.63, 3.8) is 0 Å². The summed E-state index contributed by atoms with van der Waals surface area (Å²) in [6.07, 6.45) is 3.11. The van der Waals surface area contributed by atoms with Crippen molar-refractivity contribution in [1.82, 2.24) is 10.6 Å². The van der Waals surface area contributed by atoms with E-state index in [0.29, 0.717) is 5.25 Å². The monoisotopic (exact) mass is 316 g/mol. The van der Waals surface area contributed by atoms with Crippen LogP contribution in [0.5, 0.6) is 0 Å². The molecule has 2 fully saturated rings. The van der Waals surface area contributed by atoms with Gasteiger partial charge in [-0.15, -0.1) is 0 Å². The summed E-state index contributed by atoms with van der Waals surface area (Å²) in [6, 6.07) is -0.588. The molecule has 1 saturated heterocycles. The second-order valence-electron chi connectivity index (χ2n) is 6.00. The van der Waals surface area contributed by atoms with Crippen molar-refractivity contribution in [3.8, 4) is 0 Å². The minimum atomic E-state index is -1.05. The van der Waals surface area contributed by atoms with E-state index in [-0.39, 0.29) is 25.3 Å². The van der Waals surface area contributed by atoms with Gasteiger partial charge in [0.05, 0.1) is 19.3 Å². The molecule has 7 heteroatoms. The zero-order valence-electron chi connectivity index (χ0n) is 12.6. The van der Waals surface area contributed by atoms with Crippen LogP contribution in [0.1, 0.15) is 33.1 Å². The molecule has 2 rings (SSSR count). The van der Waals surface area contributed by atoms with Gasteiger partial charge in [0.25, 0.3) is 0 Å². The third-order valence-corrected chi connectivity index (χ3v) is 5.60. The van der Waals surface area contributed by atoms with Crippen LogP contribution in [0.4, 0.5) is 4.79 Å². The first kappa shape index (κ1) is 16.4. The summed E-state index contributed by atoms with van der Waals surface area (Å²) >= 11 is 1.94. The van der Waals surface area contributed by atoms with Crippen LogP contribution in [0, 0.1) is 5.41 Å². The molecule has 1 aliphatic heterocycles. The second kappa shape index (κ2) is 6.87. The van der Waals surface area contributed by atoms with E-state index >= 15 is 0 Å². The summed E-state index contributed by atoms with van der Waals surface area (Å²) in [5.41, 5.74) is -1.05. The van der Waals surface area contributed by atoms with Gasteiger partial charge in [0.2, 0.25) is 0 Å². The fourth-order valence-corrected chi connectivity index (χ4v) is 4.07. The lowest BCUT2D eigenvalue weighted by molar-refractivity contribution is -0.148. The number of amides is 2. The Hall–Kier alpha value is -0.950. The number of nitrogens with one attached hydrogen (secondary N) is 2. The zero-order valence-corrected chi connectivity index (χ0v) is 13.4. The Balaban J connectivity index is 1.81. The Morgan fingerprint density at radius 2 is 2.14 bits per heavy atom. The molecular formula is C14H24N2O4S. The zero-order chi connectivity index (χ0) is 15.5. The van der Waals surface area contributed by atoms with Crippen molar-refractivity contribution in [1.29, 1.82) is 0 Å². The highest BCUT2D eigenvalue weighted by Gasteiger charge is 2.47. The van der Waals surface area contributed by atoms with Crippen molar-refractivity contribution in [2.45, 2.75) is 50.4 Å². The quantitative estimate of drug-likeness (QED) is 0.714. The summed E-state index contributed by atoms with van der Waals surface area (Å²) in [6.45, 7) is 4.13. The number of rotatable bonds is 5. The lowest BCUT2D eigenvalue weighted by Gasteiger charge is -2.26. The predicted octanol–water partition coefficient (Wildman–Crippen LogP) is 1.45. The summed E-state index contributed by atoms with van der Waals surface area (Å²) in [5.74, 6) is 0.158. The normalized spacial score (nSPS) is 35.6. The van der Waals surface area contributed by atoms with Crippen LogP contribution in [-0.2, 0) is 9.53 Å². The summed E-state index contributed by atoms with van der Waals surface area (Å²) < 4.78 is 5.23. The van der Waals surface area contributed by atoms with E-state index in [4.69, 9.17) is 4.74 Å². The van der Waals surface area contributed by atoms with Gasteiger partial charge in [-0.2, -0.15) is 11.8 Å². The highest BCUT2D eigenvalue weighted by Crippen LogP contribution is 2.30. The molecule has 2 aliphatic rings. The van der Waals surface area contributed by atoms with Gasteiger partial charge in [-0.1, -0.05) is 6.92 Å². The van der Waals surface area contributed by atoms with Gasteiger partial charge in [0, 0.05) is 11.3 Å². The number of aliphatic carboxylic acids is 1. The van der Waals surface area contributed by atoms with Gasteiger partial charge in [0.15, 0.2) is 0 Å². The molecule has 0 aromatic heterocycles.